The minimum Gasteiger partial charge on any atom is -0.322 e. The van der Waals surface area contributed by atoms with Gasteiger partial charge in [0, 0.05) is 13.2 Å². The molecule has 0 radical (unpaired) electrons. The first kappa shape index (κ1) is 10.2. The summed E-state index contributed by atoms with van der Waals surface area (Å²) < 4.78 is 1.67. The Morgan fingerprint density at radius 3 is 2.93 bits per heavy atom. The highest BCUT2D eigenvalue weighted by Crippen LogP contribution is 2.16. The van der Waals surface area contributed by atoms with Gasteiger partial charge in [-0.15, -0.1) is 0 Å². The molecule has 82 valence electrons. The van der Waals surface area contributed by atoms with Gasteiger partial charge in [0.05, 0.1) is 17.9 Å². The Morgan fingerprint density at radius 2 is 2.40 bits per heavy atom. The van der Waals surface area contributed by atoms with Crippen molar-refractivity contribution in [3.63, 3.8) is 0 Å². The van der Waals surface area contributed by atoms with E-state index in [1.165, 1.54) is 0 Å². The number of carbonyl (C=O) groups is 1. The van der Waals surface area contributed by atoms with Gasteiger partial charge in [0.25, 0.3) is 0 Å². The van der Waals surface area contributed by atoms with Gasteiger partial charge in [-0.2, -0.15) is 5.10 Å². The third kappa shape index (κ3) is 2.18. The standard InChI is InChI=1S/C10H16N4O/c1-13-5-3-4-9(13)10(15)12-8-6-11-14(2)7-8/h6-7,9H,3-5H2,1-2H3,(H,12,15). The molecule has 0 spiro atoms. The number of aromatic nitrogens is 2. The van der Waals surface area contributed by atoms with E-state index in [9.17, 15) is 4.79 Å². The van der Waals surface area contributed by atoms with Crippen molar-refractivity contribution < 1.29 is 4.79 Å². The normalized spacial score (nSPS) is 21.9. The third-order valence-electron chi connectivity index (χ3n) is 2.80. The molecule has 1 aromatic heterocycles. The molecule has 1 unspecified atom stereocenters. The molecule has 0 aliphatic carbocycles. The van der Waals surface area contributed by atoms with E-state index >= 15 is 0 Å². The molecule has 5 heteroatoms. The Balaban J connectivity index is 1.97. The van der Waals surface area contributed by atoms with E-state index in [0.717, 1.165) is 25.1 Å². The summed E-state index contributed by atoms with van der Waals surface area (Å²) in [7, 11) is 3.82. The predicted octanol–water partition coefficient (Wildman–Crippen LogP) is 0.453. The van der Waals surface area contributed by atoms with Crippen molar-refractivity contribution in [2.75, 3.05) is 18.9 Å². The van der Waals surface area contributed by atoms with Gasteiger partial charge in [-0.25, -0.2) is 0 Å². The first-order valence-electron chi connectivity index (χ1n) is 5.16. The lowest BCUT2D eigenvalue weighted by Gasteiger charge is -2.17. The van der Waals surface area contributed by atoms with Gasteiger partial charge in [-0.3, -0.25) is 14.4 Å². The Labute approximate surface area is 89.1 Å². The molecule has 2 rings (SSSR count). The maximum atomic E-state index is 11.8. The van der Waals surface area contributed by atoms with Crippen LogP contribution in [0.4, 0.5) is 5.69 Å². The van der Waals surface area contributed by atoms with E-state index in [4.69, 9.17) is 0 Å². The highest BCUT2D eigenvalue weighted by atomic mass is 16.2. The van der Waals surface area contributed by atoms with Crippen LogP contribution in [0.25, 0.3) is 0 Å². The minimum absolute atomic E-state index is 0.0187. The molecule has 0 aromatic carbocycles. The van der Waals surface area contributed by atoms with Crippen molar-refractivity contribution in [1.82, 2.24) is 14.7 Å². The topological polar surface area (TPSA) is 50.2 Å². The second-order valence-corrected chi connectivity index (χ2v) is 4.03. The molecule has 1 aliphatic rings. The van der Waals surface area contributed by atoms with Gasteiger partial charge >= 0.3 is 0 Å². The van der Waals surface area contributed by atoms with Crippen LogP contribution in [-0.4, -0.2) is 40.2 Å². The summed E-state index contributed by atoms with van der Waals surface area (Å²) in [4.78, 5) is 13.9. The summed E-state index contributed by atoms with van der Waals surface area (Å²) in [5.41, 5.74) is 0.766. The highest BCUT2D eigenvalue weighted by molar-refractivity contribution is 5.94. The van der Waals surface area contributed by atoms with Gasteiger partial charge in [0.2, 0.25) is 5.91 Å². The van der Waals surface area contributed by atoms with Crippen molar-refractivity contribution >= 4 is 11.6 Å². The van der Waals surface area contributed by atoms with Crippen molar-refractivity contribution in [3.8, 4) is 0 Å². The van der Waals surface area contributed by atoms with Crippen molar-refractivity contribution in [2.24, 2.45) is 7.05 Å². The fourth-order valence-electron chi connectivity index (χ4n) is 1.95. The molecule has 1 saturated heterocycles. The smallest absolute Gasteiger partial charge is 0.241 e. The minimum atomic E-state index is 0.0187. The monoisotopic (exact) mass is 208 g/mol. The van der Waals surface area contributed by atoms with Crippen LogP contribution in [-0.2, 0) is 11.8 Å². The van der Waals surface area contributed by atoms with Gasteiger partial charge in [-0.05, 0) is 26.4 Å². The number of aryl methyl sites for hydroxylation is 1. The zero-order valence-electron chi connectivity index (χ0n) is 9.10. The molecule has 0 saturated carbocycles. The SMILES string of the molecule is CN1CCCC1C(=O)Nc1cnn(C)c1. The molecule has 15 heavy (non-hydrogen) atoms. The average molecular weight is 208 g/mol. The van der Waals surface area contributed by atoms with Crippen LogP contribution in [0, 0.1) is 0 Å². The molecule has 1 atom stereocenters. The number of likely N-dealkylation sites (tertiary alicyclic amines) is 1. The van der Waals surface area contributed by atoms with Crippen LogP contribution in [0.3, 0.4) is 0 Å². The number of nitrogens with one attached hydrogen (secondary N) is 1. The molecular formula is C10H16N4O. The van der Waals surface area contributed by atoms with Crippen molar-refractivity contribution in [2.45, 2.75) is 18.9 Å². The Hall–Kier alpha value is -1.36. The number of carbonyl (C=O) groups excluding carboxylic acids is 1. The fourth-order valence-corrected chi connectivity index (χ4v) is 1.95. The van der Waals surface area contributed by atoms with Crippen molar-refractivity contribution in [1.29, 1.82) is 0 Å². The number of amides is 1. The Bertz CT molecular complexity index is 360. The molecule has 1 aromatic rings. The van der Waals surface area contributed by atoms with Gasteiger partial charge in [0.1, 0.15) is 0 Å². The number of hydrogen-bond acceptors (Lipinski definition) is 3. The van der Waals surface area contributed by atoms with E-state index in [1.807, 2.05) is 14.1 Å². The number of hydrogen-bond donors (Lipinski definition) is 1. The molecular weight excluding hydrogens is 192 g/mol. The van der Waals surface area contributed by atoms with Crippen LogP contribution in [0.2, 0.25) is 0 Å². The maximum Gasteiger partial charge on any atom is 0.241 e. The Kier molecular flexibility index (Phi) is 2.73. The fraction of sp³-hybridized carbons (Fsp3) is 0.600. The summed E-state index contributed by atoms with van der Waals surface area (Å²) in [5.74, 6) is 0.0722. The summed E-state index contributed by atoms with van der Waals surface area (Å²) in [6.07, 6.45) is 5.50. The number of rotatable bonds is 2. The third-order valence-corrected chi connectivity index (χ3v) is 2.80. The van der Waals surface area contributed by atoms with Crippen LogP contribution >= 0.6 is 0 Å². The lowest BCUT2D eigenvalue weighted by molar-refractivity contribution is -0.119. The van der Waals surface area contributed by atoms with E-state index < -0.39 is 0 Å². The zero-order chi connectivity index (χ0) is 10.8. The first-order chi connectivity index (χ1) is 7.16. The van der Waals surface area contributed by atoms with E-state index in [1.54, 1.807) is 17.1 Å². The molecule has 1 amide bonds. The first-order valence-corrected chi connectivity index (χ1v) is 5.16. The van der Waals surface area contributed by atoms with Crippen LogP contribution in [0.5, 0.6) is 0 Å². The zero-order valence-corrected chi connectivity index (χ0v) is 9.10. The summed E-state index contributed by atoms with van der Waals surface area (Å²) in [5, 5.41) is 6.87. The second-order valence-electron chi connectivity index (χ2n) is 4.03. The van der Waals surface area contributed by atoms with Gasteiger partial charge < -0.3 is 5.32 Å². The lowest BCUT2D eigenvalue weighted by atomic mass is 10.2. The average Bonchev–Trinajstić information content (AvgIpc) is 2.75. The number of nitrogens with zero attached hydrogens (tertiary/aromatic N) is 3. The number of likely N-dealkylation sites (N-methyl/N-ethyl adjacent to an activating group) is 1. The molecule has 1 aliphatic heterocycles. The molecule has 1 N–H and O–H groups in total. The molecule has 2 heterocycles. The second kappa shape index (κ2) is 4.02. The molecule has 5 nitrogen and oxygen atoms in total. The van der Waals surface area contributed by atoms with Crippen LogP contribution in [0.1, 0.15) is 12.8 Å². The van der Waals surface area contributed by atoms with Crippen molar-refractivity contribution in [3.05, 3.63) is 12.4 Å². The lowest BCUT2D eigenvalue weighted by Crippen LogP contribution is -2.36. The predicted molar refractivity (Wildman–Crippen MR) is 57.5 cm³/mol. The van der Waals surface area contributed by atoms with Crippen LogP contribution in [0.15, 0.2) is 12.4 Å². The maximum absolute atomic E-state index is 11.8. The van der Waals surface area contributed by atoms with E-state index in [-0.39, 0.29) is 11.9 Å². The van der Waals surface area contributed by atoms with Crippen LogP contribution < -0.4 is 5.32 Å². The molecule has 1 fully saturated rings. The van der Waals surface area contributed by atoms with E-state index in [2.05, 4.69) is 15.3 Å². The summed E-state index contributed by atoms with van der Waals surface area (Å²) >= 11 is 0. The van der Waals surface area contributed by atoms with Gasteiger partial charge in [-0.1, -0.05) is 0 Å². The Morgan fingerprint density at radius 1 is 1.60 bits per heavy atom. The molecule has 0 bridgehead atoms. The summed E-state index contributed by atoms with van der Waals surface area (Å²) in [6.45, 7) is 1.01. The quantitative estimate of drug-likeness (QED) is 0.768. The number of anilines is 1. The van der Waals surface area contributed by atoms with E-state index in [0.29, 0.717) is 0 Å². The largest absolute Gasteiger partial charge is 0.322 e. The highest BCUT2D eigenvalue weighted by Gasteiger charge is 2.27. The van der Waals surface area contributed by atoms with Gasteiger partial charge in [0.15, 0.2) is 0 Å². The summed E-state index contributed by atoms with van der Waals surface area (Å²) in [6, 6.07) is 0.0187.